The van der Waals surface area contributed by atoms with Crippen LogP contribution in [-0.4, -0.2) is 51.3 Å². The number of benzene rings is 1. The maximum Gasteiger partial charge on any atom is 0.249 e. The molecule has 3 N–H and O–H groups in total. The number of nitrogens with two attached hydrogens (primary N) is 1. The van der Waals surface area contributed by atoms with Crippen molar-refractivity contribution in [2.45, 2.75) is 25.0 Å². The van der Waals surface area contributed by atoms with Crippen molar-refractivity contribution in [2.75, 3.05) is 32.2 Å². The van der Waals surface area contributed by atoms with Gasteiger partial charge in [0.25, 0.3) is 0 Å². The first-order valence-corrected chi connectivity index (χ1v) is 7.57. The Morgan fingerprint density at radius 1 is 1.42 bits per heavy atom. The van der Waals surface area contributed by atoms with Crippen molar-refractivity contribution >= 4 is 29.9 Å². The Labute approximate surface area is 147 Å². The van der Waals surface area contributed by atoms with E-state index >= 15 is 0 Å². The zero-order valence-corrected chi connectivity index (χ0v) is 14.7. The van der Waals surface area contributed by atoms with Crippen LogP contribution in [0.3, 0.4) is 0 Å². The van der Waals surface area contributed by atoms with E-state index in [9.17, 15) is 9.59 Å². The van der Waals surface area contributed by atoms with Gasteiger partial charge in [0, 0.05) is 20.2 Å². The number of amides is 2. The Kier molecular flexibility index (Phi) is 7.97. The van der Waals surface area contributed by atoms with Gasteiger partial charge in [0.15, 0.2) is 0 Å². The SMILES string of the molecule is COc1ccccc1N1CCC(NC(=O)CC(CN)OC)C1=O.Cl. The number of hydrogen-bond donors (Lipinski definition) is 2. The van der Waals surface area contributed by atoms with Gasteiger partial charge in [-0.2, -0.15) is 0 Å². The number of carbonyl (C=O) groups is 2. The minimum Gasteiger partial charge on any atom is -0.495 e. The van der Waals surface area contributed by atoms with Crippen LogP contribution in [0, 0.1) is 0 Å². The van der Waals surface area contributed by atoms with Crippen LogP contribution in [-0.2, 0) is 14.3 Å². The zero-order chi connectivity index (χ0) is 16.8. The molecular formula is C16H24ClN3O4. The molecule has 0 spiro atoms. The van der Waals surface area contributed by atoms with Crippen LogP contribution in [0.2, 0.25) is 0 Å². The van der Waals surface area contributed by atoms with Gasteiger partial charge in [0.05, 0.1) is 25.3 Å². The molecule has 2 unspecified atom stereocenters. The Balaban J connectivity index is 0.00000288. The summed E-state index contributed by atoms with van der Waals surface area (Å²) in [5.74, 6) is 0.266. The first-order valence-electron chi connectivity index (χ1n) is 7.57. The van der Waals surface area contributed by atoms with Gasteiger partial charge in [-0.1, -0.05) is 12.1 Å². The molecule has 1 fully saturated rings. The molecule has 2 atom stereocenters. The minimum absolute atomic E-state index is 0. The van der Waals surface area contributed by atoms with Gasteiger partial charge in [-0.25, -0.2) is 0 Å². The van der Waals surface area contributed by atoms with Crippen molar-refractivity contribution in [3.8, 4) is 5.75 Å². The average Bonchev–Trinajstić information content (AvgIpc) is 2.93. The van der Waals surface area contributed by atoms with E-state index in [1.165, 1.54) is 7.11 Å². The minimum atomic E-state index is -0.525. The molecule has 24 heavy (non-hydrogen) atoms. The quantitative estimate of drug-likeness (QED) is 0.749. The smallest absolute Gasteiger partial charge is 0.249 e. The standard InChI is InChI=1S/C16H23N3O4.ClH/c1-22-11(10-17)9-15(20)18-12-7-8-19(16(12)21)13-5-3-4-6-14(13)23-2;/h3-6,11-12H,7-10,17H2,1-2H3,(H,18,20);1H. The summed E-state index contributed by atoms with van der Waals surface area (Å²) in [4.78, 5) is 26.2. The molecule has 0 aromatic heterocycles. The van der Waals surface area contributed by atoms with Gasteiger partial charge < -0.3 is 25.4 Å². The second kappa shape index (κ2) is 9.46. The van der Waals surface area contributed by atoms with Crippen molar-refractivity contribution in [3.05, 3.63) is 24.3 Å². The first-order chi connectivity index (χ1) is 11.1. The van der Waals surface area contributed by atoms with Crippen molar-refractivity contribution in [2.24, 2.45) is 5.73 Å². The van der Waals surface area contributed by atoms with Gasteiger partial charge >= 0.3 is 0 Å². The van der Waals surface area contributed by atoms with Gasteiger partial charge in [-0.15, -0.1) is 12.4 Å². The molecular weight excluding hydrogens is 334 g/mol. The molecule has 1 heterocycles. The third-order valence-corrected chi connectivity index (χ3v) is 3.93. The van der Waals surface area contributed by atoms with Crippen LogP contribution >= 0.6 is 12.4 Å². The molecule has 2 amide bonds. The Morgan fingerprint density at radius 3 is 2.75 bits per heavy atom. The number of rotatable bonds is 7. The molecule has 0 saturated carbocycles. The molecule has 1 aliphatic heterocycles. The molecule has 8 heteroatoms. The number of ether oxygens (including phenoxy) is 2. The molecule has 1 aliphatic rings. The summed E-state index contributed by atoms with van der Waals surface area (Å²) in [6.07, 6.45) is 0.366. The summed E-state index contributed by atoms with van der Waals surface area (Å²) in [7, 11) is 3.07. The highest BCUT2D eigenvalue weighted by atomic mass is 35.5. The van der Waals surface area contributed by atoms with Gasteiger partial charge in [0.1, 0.15) is 11.8 Å². The van der Waals surface area contributed by atoms with Crippen molar-refractivity contribution < 1.29 is 19.1 Å². The maximum absolute atomic E-state index is 12.5. The maximum atomic E-state index is 12.5. The summed E-state index contributed by atoms with van der Waals surface area (Å²) in [5.41, 5.74) is 6.22. The Morgan fingerprint density at radius 2 is 2.12 bits per heavy atom. The zero-order valence-electron chi connectivity index (χ0n) is 13.9. The lowest BCUT2D eigenvalue weighted by atomic mass is 10.2. The third-order valence-electron chi connectivity index (χ3n) is 3.93. The van der Waals surface area contributed by atoms with E-state index in [-0.39, 0.29) is 43.3 Å². The van der Waals surface area contributed by atoms with E-state index in [4.69, 9.17) is 15.2 Å². The molecule has 7 nitrogen and oxygen atoms in total. The molecule has 0 bridgehead atoms. The Hall–Kier alpha value is -1.83. The monoisotopic (exact) mass is 357 g/mol. The molecule has 0 aliphatic carbocycles. The lowest BCUT2D eigenvalue weighted by molar-refractivity contribution is -0.128. The average molecular weight is 358 g/mol. The number of methoxy groups -OCH3 is 2. The summed E-state index contributed by atoms with van der Waals surface area (Å²) >= 11 is 0. The number of nitrogens with zero attached hydrogens (tertiary/aromatic N) is 1. The number of para-hydroxylation sites is 2. The van der Waals surface area contributed by atoms with Crippen molar-refractivity contribution in [1.29, 1.82) is 0 Å². The predicted molar refractivity (Wildman–Crippen MR) is 93.6 cm³/mol. The highest BCUT2D eigenvalue weighted by molar-refractivity contribution is 6.02. The fourth-order valence-corrected chi connectivity index (χ4v) is 2.63. The number of carbonyl (C=O) groups excluding carboxylic acids is 2. The normalized spacial score (nSPS) is 18.0. The second-order valence-electron chi connectivity index (χ2n) is 5.37. The van der Waals surface area contributed by atoms with E-state index < -0.39 is 6.04 Å². The lowest BCUT2D eigenvalue weighted by Crippen LogP contribution is -2.43. The van der Waals surface area contributed by atoms with Gasteiger partial charge in [-0.3, -0.25) is 9.59 Å². The van der Waals surface area contributed by atoms with Crippen LogP contribution in [0.15, 0.2) is 24.3 Å². The highest BCUT2D eigenvalue weighted by Crippen LogP contribution is 2.30. The fourth-order valence-electron chi connectivity index (χ4n) is 2.63. The summed E-state index contributed by atoms with van der Waals surface area (Å²) in [6.45, 7) is 0.796. The molecule has 0 radical (unpaired) electrons. The van der Waals surface area contributed by atoms with Crippen LogP contribution in [0.5, 0.6) is 5.75 Å². The van der Waals surface area contributed by atoms with Crippen LogP contribution in [0.1, 0.15) is 12.8 Å². The van der Waals surface area contributed by atoms with Crippen LogP contribution in [0.4, 0.5) is 5.69 Å². The molecule has 1 aromatic carbocycles. The van der Waals surface area contributed by atoms with E-state index in [0.29, 0.717) is 24.4 Å². The molecule has 1 saturated heterocycles. The lowest BCUT2D eigenvalue weighted by Gasteiger charge is -2.20. The third kappa shape index (κ3) is 4.59. The largest absolute Gasteiger partial charge is 0.495 e. The number of nitrogens with one attached hydrogen (secondary N) is 1. The van der Waals surface area contributed by atoms with Gasteiger partial charge in [-0.05, 0) is 18.6 Å². The van der Waals surface area contributed by atoms with E-state index in [1.807, 2.05) is 18.2 Å². The summed E-state index contributed by atoms with van der Waals surface area (Å²) in [5, 5.41) is 2.76. The van der Waals surface area contributed by atoms with Gasteiger partial charge in [0.2, 0.25) is 11.8 Å². The van der Waals surface area contributed by atoms with Crippen LogP contribution < -0.4 is 20.7 Å². The molecule has 1 aromatic rings. The van der Waals surface area contributed by atoms with E-state index in [0.717, 1.165) is 0 Å². The molecule has 134 valence electrons. The second-order valence-corrected chi connectivity index (χ2v) is 5.37. The van der Waals surface area contributed by atoms with Crippen molar-refractivity contribution in [3.63, 3.8) is 0 Å². The number of anilines is 1. The number of hydrogen-bond acceptors (Lipinski definition) is 5. The predicted octanol–water partition coefficient (Wildman–Crippen LogP) is 0.702. The van der Waals surface area contributed by atoms with Crippen LogP contribution in [0.25, 0.3) is 0 Å². The summed E-state index contributed by atoms with van der Waals surface area (Å²) < 4.78 is 10.4. The highest BCUT2D eigenvalue weighted by Gasteiger charge is 2.34. The topological polar surface area (TPSA) is 93.9 Å². The summed E-state index contributed by atoms with van der Waals surface area (Å²) in [6, 6.07) is 6.80. The van der Waals surface area contributed by atoms with E-state index in [1.54, 1.807) is 18.1 Å². The fraction of sp³-hybridized carbons (Fsp3) is 0.500. The van der Waals surface area contributed by atoms with Crippen molar-refractivity contribution in [1.82, 2.24) is 5.32 Å². The Bertz CT molecular complexity index is 566. The van der Waals surface area contributed by atoms with E-state index in [2.05, 4.69) is 5.32 Å². The number of halogens is 1. The first kappa shape index (κ1) is 20.2. The molecule has 2 rings (SSSR count).